The van der Waals surface area contributed by atoms with E-state index in [2.05, 4.69) is 9.88 Å². The highest BCUT2D eigenvalue weighted by molar-refractivity contribution is 8.18. The highest BCUT2D eigenvalue weighted by Gasteiger charge is 2.36. The van der Waals surface area contributed by atoms with Crippen LogP contribution in [-0.2, 0) is 16.1 Å². The lowest BCUT2D eigenvalue weighted by molar-refractivity contribution is -0.127. The summed E-state index contributed by atoms with van der Waals surface area (Å²) in [5, 5.41) is 1.98. The van der Waals surface area contributed by atoms with Gasteiger partial charge in [-0.25, -0.2) is 4.39 Å². The van der Waals surface area contributed by atoms with E-state index >= 15 is 0 Å². The molecule has 28 heavy (non-hydrogen) atoms. The topological polar surface area (TPSA) is 71.4 Å². The maximum absolute atomic E-state index is 13.2. The summed E-state index contributed by atoms with van der Waals surface area (Å²) < 4.78 is 15.3. The van der Waals surface area contributed by atoms with E-state index in [9.17, 15) is 18.8 Å². The van der Waals surface area contributed by atoms with Crippen LogP contribution in [0.15, 0.2) is 35.2 Å². The van der Waals surface area contributed by atoms with E-state index in [4.69, 9.17) is 0 Å². The Bertz CT molecular complexity index is 997. The molecule has 1 aliphatic heterocycles. The molecule has 1 saturated heterocycles. The molecular formula is C20H20FN3O3S. The lowest BCUT2D eigenvalue weighted by atomic mass is 10.2. The first-order valence-electron chi connectivity index (χ1n) is 8.77. The van der Waals surface area contributed by atoms with Gasteiger partial charge in [0.2, 0.25) is 5.91 Å². The predicted octanol–water partition coefficient (Wildman–Crippen LogP) is 3.94. The van der Waals surface area contributed by atoms with Gasteiger partial charge in [-0.15, -0.1) is 0 Å². The fraction of sp³-hybridized carbons (Fsp3) is 0.250. The molecule has 6 nitrogen and oxygen atoms in total. The Labute approximate surface area is 166 Å². The van der Waals surface area contributed by atoms with E-state index in [1.165, 1.54) is 18.2 Å². The van der Waals surface area contributed by atoms with Crippen molar-refractivity contribution in [1.29, 1.82) is 0 Å². The van der Waals surface area contributed by atoms with Crippen LogP contribution in [0, 0.1) is 19.7 Å². The number of hydrogen-bond acceptors (Lipinski definition) is 4. The quantitative estimate of drug-likeness (QED) is 0.771. The Morgan fingerprint density at radius 2 is 2.00 bits per heavy atom. The summed E-state index contributed by atoms with van der Waals surface area (Å²) in [6.45, 7) is 6.37. The minimum atomic E-state index is -0.571. The summed E-state index contributed by atoms with van der Waals surface area (Å²) in [5.41, 5.74) is 3.21. The first-order valence-corrected chi connectivity index (χ1v) is 9.59. The molecule has 0 aliphatic carbocycles. The van der Waals surface area contributed by atoms with Gasteiger partial charge in [-0.2, -0.15) is 0 Å². The molecule has 8 heteroatoms. The number of aromatic nitrogens is 1. The highest BCUT2D eigenvalue weighted by atomic mass is 32.2. The first kappa shape index (κ1) is 19.9. The van der Waals surface area contributed by atoms with Gasteiger partial charge in [-0.3, -0.25) is 19.3 Å². The molecule has 2 heterocycles. The van der Waals surface area contributed by atoms with E-state index in [1.54, 1.807) is 6.08 Å². The van der Waals surface area contributed by atoms with Gasteiger partial charge in [-0.05, 0) is 68.4 Å². The van der Waals surface area contributed by atoms with Crippen LogP contribution in [0.2, 0.25) is 0 Å². The summed E-state index contributed by atoms with van der Waals surface area (Å²) in [6.07, 6.45) is 1.68. The zero-order valence-corrected chi connectivity index (χ0v) is 16.6. The summed E-state index contributed by atoms with van der Waals surface area (Å²) in [5.74, 6) is -1.57. The molecule has 1 fully saturated rings. The number of carbonyl (C=O) groups excluding carboxylic acids is 3. The largest absolute Gasteiger partial charge is 0.349 e. The van der Waals surface area contributed by atoms with Crippen LogP contribution in [0.25, 0.3) is 6.08 Å². The Kier molecular flexibility index (Phi) is 5.69. The summed E-state index contributed by atoms with van der Waals surface area (Å²) in [4.78, 5) is 38.2. The van der Waals surface area contributed by atoms with Gasteiger partial charge < -0.3 is 9.88 Å². The number of amides is 3. The molecule has 0 spiro atoms. The summed E-state index contributed by atoms with van der Waals surface area (Å²) >= 11 is 0.808. The average Bonchev–Trinajstić information content (AvgIpc) is 3.04. The first-order chi connectivity index (χ1) is 13.3. The maximum atomic E-state index is 13.2. The third-order valence-electron chi connectivity index (χ3n) is 4.50. The average molecular weight is 401 g/mol. The van der Waals surface area contributed by atoms with Crippen molar-refractivity contribution in [1.82, 2.24) is 9.47 Å². The number of rotatable bonds is 5. The van der Waals surface area contributed by atoms with Gasteiger partial charge in [0.25, 0.3) is 11.1 Å². The van der Waals surface area contributed by atoms with Crippen molar-refractivity contribution in [3.05, 3.63) is 58.0 Å². The normalized spacial score (nSPS) is 15.6. The lowest BCUT2D eigenvalue weighted by Crippen LogP contribution is -2.36. The molecule has 1 aliphatic rings. The molecule has 3 amide bonds. The number of thioether (sulfide) groups is 1. The van der Waals surface area contributed by atoms with Gasteiger partial charge in [-0.1, -0.05) is 6.07 Å². The summed E-state index contributed by atoms with van der Waals surface area (Å²) in [6, 6.07) is 7.36. The van der Waals surface area contributed by atoms with Crippen LogP contribution >= 0.6 is 11.8 Å². The summed E-state index contributed by atoms with van der Waals surface area (Å²) in [7, 11) is 0. The zero-order valence-electron chi connectivity index (χ0n) is 15.8. The Morgan fingerprint density at radius 1 is 1.25 bits per heavy atom. The van der Waals surface area contributed by atoms with Gasteiger partial charge in [0, 0.05) is 23.6 Å². The number of hydrogen-bond donors (Lipinski definition) is 1. The smallest absolute Gasteiger partial charge is 0.294 e. The van der Waals surface area contributed by atoms with Crippen molar-refractivity contribution in [3.63, 3.8) is 0 Å². The van der Waals surface area contributed by atoms with E-state index in [-0.39, 0.29) is 10.6 Å². The fourth-order valence-corrected chi connectivity index (χ4v) is 3.98. The van der Waals surface area contributed by atoms with Crippen LogP contribution < -0.4 is 5.32 Å². The number of carbonyl (C=O) groups is 3. The number of anilines is 1. The molecular weight excluding hydrogens is 381 g/mol. The predicted molar refractivity (Wildman–Crippen MR) is 107 cm³/mol. The number of nitrogens with zero attached hydrogens (tertiary/aromatic N) is 2. The van der Waals surface area contributed by atoms with Crippen molar-refractivity contribution >= 4 is 40.6 Å². The van der Waals surface area contributed by atoms with Gasteiger partial charge >= 0.3 is 0 Å². The van der Waals surface area contributed by atoms with E-state index in [0.717, 1.165) is 46.2 Å². The minimum absolute atomic E-state index is 0.263. The number of nitrogens with one attached hydrogen (secondary N) is 1. The Morgan fingerprint density at radius 3 is 2.64 bits per heavy atom. The van der Waals surface area contributed by atoms with E-state index in [0.29, 0.717) is 0 Å². The fourth-order valence-electron chi connectivity index (χ4n) is 3.15. The van der Waals surface area contributed by atoms with Crippen molar-refractivity contribution in [2.75, 3.05) is 11.9 Å². The van der Waals surface area contributed by atoms with Crippen LogP contribution in [-0.4, -0.2) is 33.1 Å². The second kappa shape index (κ2) is 8.02. The number of benzene rings is 1. The second-order valence-corrected chi connectivity index (χ2v) is 7.39. The van der Waals surface area contributed by atoms with Crippen LogP contribution in [0.1, 0.15) is 23.9 Å². The molecule has 0 unspecified atom stereocenters. The minimum Gasteiger partial charge on any atom is -0.349 e. The molecule has 0 radical (unpaired) electrons. The Balaban J connectivity index is 1.74. The lowest BCUT2D eigenvalue weighted by Gasteiger charge is -2.12. The van der Waals surface area contributed by atoms with Gasteiger partial charge in [0.05, 0.1) is 4.91 Å². The number of imide groups is 1. The highest BCUT2D eigenvalue weighted by Crippen LogP contribution is 2.33. The van der Waals surface area contributed by atoms with Crippen molar-refractivity contribution in [2.24, 2.45) is 0 Å². The van der Waals surface area contributed by atoms with E-state index in [1.807, 2.05) is 26.8 Å². The van der Waals surface area contributed by atoms with Crippen molar-refractivity contribution in [3.8, 4) is 0 Å². The van der Waals surface area contributed by atoms with Crippen LogP contribution in [0.5, 0.6) is 0 Å². The molecule has 2 aromatic rings. The molecule has 0 bridgehead atoms. The SMILES string of the molecule is CCn1c(C)cc(/C=C2/SC(=O)N(CC(=O)Nc3cccc(F)c3)C2=O)c1C. The van der Waals surface area contributed by atoms with Gasteiger partial charge in [0.15, 0.2) is 0 Å². The van der Waals surface area contributed by atoms with Crippen molar-refractivity contribution in [2.45, 2.75) is 27.3 Å². The van der Waals surface area contributed by atoms with Gasteiger partial charge in [0.1, 0.15) is 12.4 Å². The number of halogens is 1. The molecule has 1 aromatic carbocycles. The molecule has 0 atom stereocenters. The van der Waals surface area contributed by atoms with Crippen molar-refractivity contribution < 1.29 is 18.8 Å². The number of aryl methyl sites for hydroxylation is 1. The zero-order chi connectivity index (χ0) is 20.4. The Hall–Kier alpha value is -2.87. The molecule has 146 valence electrons. The molecule has 3 rings (SSSR count). The van der Waals surface area contributed by atoms with E-state index < -0.39 is 29.4 Å². The molecule has 1 N–H and O–H groups in total. The third kappa shape index (κ3) is 4.01. The maximum Gasteiger partial charge on any atom is 0.294 e. The standard InChI is InChI=1S/C20H20FN3O3S/c1-4-23-12(2)8-14(13(23)3)9-17-19(26)24(20(27)28-17)11-18(25)22-16-7-5-6-15(21)10-16/h5-10H,4,11H2,1-3H3,(H,22,25)/b17-9+. The molecule has 0 saturated carbocycles. The second-order valence-electron chi connectivity index (χ2n) is 6.40. The molecule has 1 aromatic heterocycles. The monoisotopic (exact) mass is 401 g/mol. The third-order valence-corrected chi connectivity index (χ3v) is 5.41. The van der Waals surface area contributed by atoms with Crippen LogP contribution in [0.4, 0.5) is 14.9 Å². The van der Waals surface area contributed by atoms with Crippen LogP contribution in [0.3, 0.4) is 0 Å².